The van der Waals surface area contributed by atoms with Gasteiger partial charge in [-0.25, -0.2) is 22.1 Å². The van der Waals surface area contributed by atoms with E-state index in [1.165, 1.54) is 0 Å². The number of nitrogens with one attached hydrogen (secondary N) is 2. The molecule has 0 fully saturated rings. The van der Waals surface area contributed by atoms with Gasteiger partial charge in [0.2, 0.25) is 0 Å². The summed E-state index contributed by atoms with van der Waals surface area (Å²) in [5, 5.41) is 4.33. The van der Waals surface area contributed by atoms with Crippen molar-refractivity contribution >= 4 is 39.2 Å². The second-order valence-corrected chi connectivity index (χ2v) is 7.87. The van der Waals surface area contributed by atoms with Crippen LogP contribution in [0.5, 0.6) is 0 Å². The molecule has 0 unspecified atom stereocenters. The van der Waals surface area contributed by atoms with Crippen molar-refractivity contribution in [3.63, 3.8) is 0 Å². The Bertz CT molecular complexity index is 1520. The van der Waals surface area contributed by atoms with Gasteiger partial charge in [0.25, 0.3) is 0 Å². The van der Waals surface area contributed by atoms with Crippen molar-refractivity contribution in [1.29, 1.82) is 0 Å². The molecule has 4 aromatic carbocycles. The van der Waals surface area contributed by atoms with Crippen LogP contribution in [0.25, 0.3) is 33.3 Å². The van der Waals surface area contributed by atoms with Crippen molar-refractivity contribution < 1.29 is 26.5 Å². The summed E-state index contributed by atoms with van der Waals surface area (Å²) in [6, 6.07) is 35.5. The SMILES string of the molecule is CC(=O)c1cccc2ccc(Nc3ccccc3-c3nc4ccccc4[nH]3)nc12.[Ti].c1cc[cH-]c1. The second-order valence-electron chi connectivity index (χ2n) is 7.87. The van der Waals surface area contributed by atoms with Crippen LogP contribution in [0.2, 0.25) is 0 Å². The van der Waals surface area contributed by atoms with Gasteiger partial charge in [-0.05, 0) is 49.4 Å². The Kier molecular flexibility index (Phi) is 7.61. The minimum absolute atomic E-state index is 0. The molecule has 6 rings (SSSR count). The summed E-state index contributed by atoms with van der Waals surface area (Å²) < 4.78 is 0. The van der Waals surface area contributed by atoms with Crippen molar-refractivity contribution in [2.24, 2.45) is 0 Å². The van der Waals surface area contributed by atoms with Crippen LogP contribution < -0.4 is 5.32 Å². The van der Waals surface area contributed by atoms with Gasteiger partial charge in [0.15, 0.2) is 5.78 Å². The quantitative estimate of drug-likeness (QED) is 0.156. The predicted molar refractivity (Wildman–Crippen MR) is 139 cm³/mol. The monoisotopic (exact) mass is 491 g/mol. The van der Waals surface area contributed by atoms with E-state index in [1.54, 1.807) is 6.92 Å². The minimum Gasteiger partial charge on any atom is -0.340 e. The van der Waals surface area contributed by atoms with Gasteiger partial charge in [-0.1, -0.05) is 36.4 Å². The molecule has 0 spiro atoms. The van der Waals surface area contributed by atoms with Crippen LogP contribution in [0.4, 0.5) is 11.5 Å². The molecule has 170 valence electrons. The molecule has 2 heterocycles. The number of Topliss-reactive ketones (excluding diaryl/α,β-unsaturated/α-hetero) is 1. The number of H-pyrrole nitrogens is 1. The Morgan fingerprint density at radius 3 is 2.34 bits per heavy atom. The molecule has 0 bridgehead atoms. The number of fused-ring (bicyclic) bond motifs is 2. The Morgan fingerprint density at radius 2 is 1.60 bits per heavy atom. The summed E-state index contributed by atoms with van der Waals surface area (Å²) in [4.78, 5) is 24.8. The van der Waals surface area contributed by atoms with E-state index >= 15 is 0 Å². The number of pyridine rings is 1. The van der Waals surface area contributed by atoms with E-state index in [0.717, 1.165) is 33.5 Å². The maximum Gasteiger partial charge on any atom is 0.161 e. The Balaban J connectivity index is 0.000000431. The van der Waals surface area contributed by atoms with Gasteiger partial charge >= 0.3 is 0 Å². The normalized spacial score (nSPS) is 10.3. The predicted octanol–water partition coefficient (Wildman–Crippen LogP) is 7.13. The Morgan fingerprint density at radius 1 is 0.829 bits per heavy atom. The number of carbonyl (C=O) groups is 1. The van der Waals surface area contributed by atoms with Gasteiger partial charge in [-0.2, -0.15) is 18.2 Å². The number of anilines is 2. The second kappa shape index (κ2) is 11.0. The van der Waals surface area contributed by atoms with Crippen molar-refractivity contribution in [3.05, 3.63) is 115 Å². The zero-order valence-electron chi connectivity index (χ0n) is 19.2. The molecule has 35 heavy (non-hydrogen) atoms. The summed E-state index contributed by atoms with van der Waals surface area (Å²) >= 11 is 0. The minimum atomic E-state index is 0. The van der Waals surface area contributed by atoms with Gasteiger partial charge in [0, 0.05) is 38.2 Å². The van der Waals surface area contributed by atoms with E-state index in [2.05, 4.69) is 10.3 Å². The van der Waals surface area contributed by atoms with Crippen molar-refractivity contribution in [1.82, 2.24) is 15.0 Å². The molecule has 0 saturated heterocycles. The van der Waals surface area contributed by atoms with Crippen LogP contribution in [0.1, 0.15) is 17.3 Å². The molecule has 6 heteroatoms. The molecule has 5 nitrogen and oxygen atoms in total. The fourth-order valence-electron chi connectivity index (χ4n) is 3.84. The van der Waals surface area contributed by atoms with E-state index < -0.39 is 0 Å². The molecular weight excluding hydrogens is 468 g/mol. The Labute approximate surface area is 218 Å². The largest absolute Gasteiger partial charge is 0.340 e. The summed E-state index contributed by atoms with van der Waals surface area (Å²) in [6.45, 7) is 1.56. The number of aromatic nitrogens is 3. The standard InChI is InChI=1S/C24H18N4O.C5H5.Ti/c1-15(29)17-9-6-7-16-13-14-22(28-23(16)17)25-19-10-3-2-8-18(19)24-26-20-11-4-5-12-21(20)27-24;1-2-4-5-3-1;/h2-14H,1H3,(H,25,28)(H,26,27);1-5H;/q;-1;. The number of aromatic amines is 1. The van der Waals surface area contributed by atoms with Gasteiger partial charge in [0.1, 0.15) is 11.6 Å². The van der Waals surface area contributed by atoms with Gasteiger partial charge < -0.3 is 10.3 Å². The van der Waals surface area contributed by atoms with Crippen molar-refractivity contribution in [3.8, 4) is 11.4 Å². The average Bonchev–Trinajstić information content (AvgIpc) is 3.57. The molecule has 0 atom stereocenters. The first-order valence-electron chi connectivity index (χ1n) is 11.1. The number of carbonyl (C=O) groups excluding carboxylic acids is 1. The maximum absolute atomic E-state index is 12.0. The Hall–Kier alpha value is -3.93. The van der Waals surface area contributed by atoms with E-state index in [0.29, 0.717) is 16.9 Å². The summed E-state index contributed by atoms with van der Waals surface area (Å²) in [5.41, 5.74) is 5.08. The van der Waals surface area contributed by atoms with Crippen LogP contribution >= 0.6 is 0 Å². The third-order valence-electron chi connectivity index (χ3n) is 5.49. The molecule has 6 aromatic rings. The first-order chi connectivity index (χ1) is 16.7. The van der Waals surface area contributed by atoms with Gasteiger partial charge in [0.05, 0.1) is 22.2 Å². The first-order valence-corrected chi connectivity index (χ1v) is 11.1. The molecule has 0 saturated carbocycles. The molecule has 0 amide bonds. The van der Waals surface area contributed by atoms with Crippen molar-refractivity contribution in [2.75, 3.05) is 5.32 Å². The summed E-state index contributed by atoms with van der Waals surface area (Å²) in [6.07, 6.45) is 0. The van der Waals surface area contributed by atoms with Crippen LogP contribution in [0, 0.1) is 0 Å². The molecule has 0 radical (unpaired) electrons. The third kappa shape index (κ3) is 5.43. The number of ketones is 1. The maximum atomic E-state index is 12.0. The number of hydrogen-bond donors (Lipinski definition) is 2. The number of para-hydroxylation sites is 4. The zero-order valence-corrected chi connectivity index (χ0v) is 20.8. The fourth-order valence-corrected chi connectivity index (χ4v) is 3.84. The van der Waals surface area contributed by atoms with E-state index in [-0.39, 0.29) is 27.5 Å². The number of nitrogens with zero attached hydrogens (tertiary/aromatic N) is 2. The van der Waals surface area contributed by atoms with E-state index in [4.69, 9.17) is 9.97 Å². The van der Waals surface area contributed by atoms with Gasteiger partial charge in [-0.3, -0.25) is 4.79 Å². The number of rotatable bonds is 4. The molecule has 2 aromatic heterocycles. The summed E-state index contributed by atoms with van der Waals surface area (Å²) in [5.74, 6) is 1.47. The molecular formula is C29H23N4OTi-. The molecule has 0 aliphatic rings. The smallest absolute Gasteiger partial charge is 0.161 e. The zero-order chi connectivity index (χ0) is 23.3. The molecule has 0 aliphatic carbocycles. The van der Waals surface area contributed by atoms with Crippen LogP contribution in [0.3, 0.4) is 0 Å². The van der Waals surface area contributed by atoms with Crippen LogP contribution in [-0.2, 0) is 21.7 Å². The van der Waals surface area contributed by atoms with E-state index in [1.807, 2.05) is 109 Å². The molecule has 2 N–H and O–H groups in total. The third-order valence-corrected chi connectivity index (χ3v) is 5.49. The molecule has 0 aliphatic heterocycles. The van der Waals surface area contributed by atoms with E-state index in [9.17, 15) is 4.79 Å². The number of hydrogen-bond acceptors (Lipinski definition) is 4. The first kappa shape index (κ1) is 24.2. The van der Waals surface area contributed by atoms with Crippen LogP contribution in [-0.4, -0.2) is 20.7 Å². The average molecular weight is 491 g/mol. The van der Waals surface area contributed by atoms with Gasteiger partial charge in [-0.15, -0.1) is 0 Å². The summed E-state index contributed by atoms with van der Waals surface area (Å²) in [7, 11) is 0. The number of benzene rings is 3. The van der Waals surface area contributed by atoms with Crippen molar-refractivity contribution in [2.45, 2.75) is 6.92 Å². The van der Waals surface area contributed by atoms with Crippen LogP contribution in [0.15, 0.2) is 109 Å². The fraction of sp³-hybridized carbons (Fsp3) is 0.0345. The number of imidazole rings is 1. The topological polar surface area (TPSA) is 70.7 Å².